The number of carbonyl (C=O) groups is 2. The molecule has 0 bridgehead atoms. The standard InChI is InChI=1S/C24H20FNO5/c1-30-20-11-12-21(25)18(14-20)15-31-19-9-7-16(8-10-19)13-22(24(28)29)26-23(27)17-5-3-2-4-6-17/h2-14H,15H2,1H3,(H,26,27)(H,28,29). The van der Waals surface area contributed by atoms with Gasteiger partial charge in [0.2, 0.25) is 0 Å². The molecule has 1 amide bonds. The summed E-state index contributed by atoms with van der Waals surface area (Å²) in [5.41, 5.74) is 0.981. The number of halogens is 1. The highest BCUT2D eigenvalue weighted by molar-refractivity contribution is 6.02. The summed E-state index contributed by atoms with van der Waals surface area (Å²) in [6.45, 7) is 0.00568. The number of nitrogens with one attached hydrogen (secondary N) is 1. The van der Waals surface area contributed by atoms with Gasteiger partial charge >= 0.3 is 5.97 Å². The third-order valence-electron chi connectivity index (χ3n) is 4.35. The largest absolute Gasteiger partial charge is 0.497 e. The van der Waals surface area contributed by atoms with E-state index in [1.807, 2.05) is 0 Å². The molecule has 3 aromatic carbocycles. The van der Waals surface area contributed by atoms with Crippen LogP contribution in [0.4, 0.5) is 4.39 Å². The fourth-order valence-electron chi connectivity index (χ4n) is 2.71. The molecule has 0 spiro atoms. The highest BCUT2D eigenvalue weighted by atomic mass is 19.1. The van der Waals surface area contributed by atoms with E-state index in [0.717, 1.165) is 0 Å². The predicted octanol–water partition coefficient (Wildman–Crippen LogP) is 4.27. The molecule has 3 rings (SSSR count). The number of ether oxygens (including phenoxy) is 2. The van der Waals surface area contributed by atoms with Gasteiger partial charge in [0, 0.05) is 11.1 Å². The SMILES string of the molecule is COc1ccc(F)c(COc2ccc(C=C(NC(=O)c3ccccc3)C(=O)O)cc2)c1. The first-order chi connectivity index (χ1) is 15.0. The number of carbonyl (C=O) groups excluding carboxylic acids is 1. The number of hydrogen-bond donors (Lipinski definition) is 2. The topological polar surface area (TPSA) is 84.9 Å². The summed E-state index contributed by atoms with van der Waals surface area (Å²) >= 11 is 0. The van der Waals surface area contributed by atoms with E-state index in [0.29, 0.717) is 28.2 Å². The van der Waals surface area contributed by atoms with E-state index in [9.17, 15) is 19.1 Å². The first-order valence-electron chi connectivity index (χ1n) is 9.33. The van der Waals surface area contributed by atoms with Crippen LogP contribution >= 0.6 is 0 Å². The zero-order chi connectivity index (χ0) is 22.2. The van der Waals surface area contributed by atoms with Crippen molar-refractivity contribution in [3.8, 4) is 11.5 Å². The molecule has 31 heavy (non-hydrogen) atoms. The highest BCUT2D eigenvalue weighted by Gasteiger charge is 2.13. The molecule has 0 unspecified atom stereocenters. The van der Waals surface area contributed by atoms with Gasteiger partial charge in [-0.05, 0) is 54.1 Å². The lowest BCUT2D eigenvalue weighted by atomic mass is 10.1. The van der Waals surface area contributed by atoms with E-state index >= 15 is 0 Å². The van der Waals surface area contributed by atoms with Gasteiger partial charge < -0.3 is 19.9 Å². The average Bonchev–Trinajstić information content (AvgIpc) is 2.79. The third kappa shape index (κ3) is 5.93. The lowest BCUT2D eigenvalue weighted by molar-refractivity contribution is -0.132. The Labute approximate surface area is 178 Å². The number of aliphatic carboxylic acids is 1. The average molecular weight is 421 g/mol. The molecule has 0 aliphatic rings. The molecule has 158 valence electrons. The van der Waals surface area contributed by atoms with Crippen LogP contribution in [0.3, 0.4) is 0 Å². The minimum absolute atomic E-state index is 0.00568. The van der Waals surface area contributed by atoms with Crippen molar-refractivity contribution in [2.24, 2.45) is 0 Å². The summed E-state index contributed by atoms with van der Waals surface area (Å²) in [4.78, 5) is 23.7. The Morgan fingerprint density at radius 1 is 1.00 bits per heavy atom. The Morgan fingerprint density at radius 3 is 2.32 bits per heavy atom. The second-order valence-electron chi connectivity index (χ2n) is 6.50. The lowest BCUT2D eigenvalue weighted by Gasteiger charge is -2.09. The summed E-state index contributed by atoms with van der Waals surface area (Å²) in [6.07, 6.45) is 1.34. The van der Waals surface area contributed by atoms with Crippen molar-refractivity contribution in [2.75, 3.05) is 7.11 Å². The zero-order valence-electron chi connectivity index (χ0n) is 16.7. The van der Waals surface area contributed by atoms with Crippen molar-refractivity contribution in [3.05, 3.63) is 101 Å². The molecule has 0 radical (unpaired) electrons. The van der Waals surface area contributed by atoms with E-state index in [1.165, 1.54) is 25.3 Å². The van der Waals surface area contributed by atoms with Gasteiger partial charge in [-0.15, -0.1) is 0 Å². The van der Waals surface area contributed by atoms with Crippen LogP contribution in [0, 0.1) is 5.82 Å². The lowest BCUT2D eigenvalue weighted by Crippen LogP contribution is -2.27. The summed E-state index contributed by atoms with van der Waals surface area (Å²) < 4.78 is 24.6. The Morgan fingerprint density at radius 2 is 1.68 bits per heavy atom. The third-order valence-corrected chi connectivity index (χ3v) is 4.35. The van der Waals surface area contributed by atoms with E-state index < -0.39 is 17.7 Å². The number of carboxylic acid groups (broad SMARTS) is 1. The monoisotopic (exact) mass is 421 g/mol. The molecule has 0 heterocycles. The highest BCUT2D eigenvalue weighted by Crippen LogP contribution is 2.20. The van der Waals surface area contributed by atoms with Gasteiger partial charge in [0.25, 0.3) is 5.91 Å². The quantitative estimate of drug-likeness (QED) is 0.531. The van der Waals surface area contributed by atoms with Crippen molar-refractivity contribution in [1.82, 2.24) is 5.32 Å². The van der Waals surface area contributed by atoms with Crippen molar-refractivity contribution >= 4 is 18.0 Å². The molecule has 0 aliphatic heterocycles. The van der Waals surface area contributed by atoms with Crippen molar-refractivity contribution in [1.29, 1.82) is 0 Å². The number of hydrogen-bond acceptors (Lipinski definition) is 4. The van der Waals surface area contributed by atoms with E-state index in [-0.39, 0.29) is 12.3 Å². The van der Waals surface area contributed by atoms with Gasteiger partial charge in [-0.2, -0.15) is 0 Å². The van der Waals surface area contributed by atoms with Crippen molar-refractivity contribution in [2.45, 2.75) is 6.61 Å². The molecule has 0 saturated heterocycles. The molecule has 0 fully saturated rings. The van der Waals surface area contributed by atoms with E-state index in [1.54, 1.807) is 60.7 Å². The van der Waals surface area contributed by atoms with Crippen LogP contribution in [0.25, 0.3) is 6.08 Å². The predicted molar refractivity (Wildman–Crippen MR) is 113 cm³/mol. The second kappa shape index (κ2) is 10.1. The van der Waals surface area contributed by atoms with Gasteiger partial charge in [-0.25, -0.2) is 9.18 Å². The number of amides is 1. The van der Waals surface area contributed by atoms with Gasteiger partial charge in [0.15, 0.2) is 0 Å². The summed E-state index contributed by atoms with van der Waals surface area (Å²) in [7, 11) is 1.50. The van der Waals surface area contributed by atoms with Crippen LogP contribution in [0.5, 0.6) is 11.5 Å². The maximum absolute atomic E-state index is 13.9. The van der Waals surface area contributed by atoms with Crippen LogP contribution in [0.15, 0.2) is 78.5 Å². The van der Waals surface area contributed by atoms with Crippen molar-refractivity contribution in [3.63, 3.8) is 0 Å². The fourth-order valence-corrected chi connectivity index (χ4v) is 2.71. The number of methoxy groups -OCH3 is 1. The van der Waals surface area contributed by atoms with E-state index in [4.69, 9.17) is 9.47 Å². The molecule has 2 N–H and O–H groups in total. The maximum atomic E-state index is 13.9. The van der Waals surface area contributed by atoms with E-state index in [2.05, 4.69) is 5.32 Å². The Kier molecular flexibility index (Phi) is 7.01. The first kappa shape index (κ1) is 21.6. The number of benzene rings is 3. The molecule has 7 heteroatoms. The molecule has 6 nitrogen and oxygen atoms in total. The fraction of sp³-hybridized carbons (Fsp3) is 0.0833. The number of rotatable bonds is 8. The minimum atomic E-state index is -1.27. The summed E-state index contributed by atoms with van der Waals surface area (Å²) in [6, 6.07) is 19.2. The Bertz CT molecular complexity index is 1090. The molecule has 0 saturated carbocycles. The van der Waals surface area contributed by atoms with Crippen molar-refractivity contribution < 1.29 is 28.6 Å². The van der Waals surface area contributed by atoms with Gasteiger partial charge in [-0.3, -0.25) is 4.79 Å². The Hall–Kier alpha value is -4.13. The second-order valence-corrected chi connectivity index (χ2v) is 6.50. The summed E-state index contributed by atoms with van der Waals surface area (Å²) in [5.74, 6) is -1.18. The van der Waals surface area contributed by atoms with Gasteiger partial charge in [0.05, 0.1) is 7.11 Å². The first-order valence-corrected chi connectivity index (χ1v) is 9.33. The van der Waals surface area contributed by atoms with Gasteiger partial charge in [-0.1, -0.05) is 30.3 Å². The minimum Gasteiger partial charge on any atom is -0.497 e. The molecular weight excluding hydrogens is 401 g/mol. The van der Waals surface area contributed by atoms with Crippen LogP contribution < -0.4 is 14.8 Å². The smallest absolute Gasteiger partial charge is 0.352 e. The zero-order valence-corrected chi connectivity index (χ0v) is 16.7. The van der Waals surface area contributed by atoms with Crippen LogP contribution in [0.2, 0.25) is 0 Å². The van der Waals surface area contributed by atoms with Crippen LogP contribution in [-0.2, 0) is 11.4 Å². The number of carboxylic acids is 1. The van der Waals surface area contributed by atoms with Crippen LogP contribution in [0.1, 0.15) is 21.5 Å². The molecule has 0 atom stereocenters. The van der Waals surface area contributed by atoms with Crippen LogP contribution in [-0.4, -0.2) is 24.1 Å². The maximum Gasteiger partial charge on any atom is 0.352 e. The molecular formula is C24H20FNO5. The Balaban J connectivity index is 1.68. The molecule has 0 aromatic heterocycles. The molecule has 3 aromatic rings. The summed E-state index contributed by atoms with van der Waals surface area (Å²) in [5, 5.41) is 11.8. The molecule has 0 aliphatic carbocycles. The van der Waals surface area contributed by atoms with Gasteiger partial charge in [0.1, 0.15) is 29.6 Å². The normalized spacial score (nSPS) is 11.0.